The number of benzene rings is 2. The third-order valence-corrected chi connectivity index (χ3v) is 3.61. The van der Waals surface area contributed by atoms with E-state index in [1.807, 2.05) is 12.1 Å². The SMILES string of the molecule is CC(C)c1ccc2oc3cc(C(=O)O)ccc3c(=O)c2c1. The minimum atomic E-state index is -1.05. The lowest BCUT2D eigenvalue weighted by Gasteiger charge is -2.07. The number of hydrogen-bond donors (Lipinski definition) is 1. The molecule has 0 saturated heterocycles. The molecule has 0 aliphatic heterocycles. The third kappa shape index (κ3) is 2.18. The number of aromatic carboxylic acids is 1. The topological polar surface area (TPSA) is 67.5 Å². The minimum absolute atomic E-state index is 0.101. The lowest BCUT2D eigenvalue weighted by atomic mass is 10.0. The Bertz CT molecular complexity index is 919. The molecule has 0 amide bonds. The summed E-state index contributed by atoms with van der Waals surface area (Å²) >= 11 is 0. The van der Waals surface area contributed by atoms with E-state index in [4.69, 9.17) is 9.52 Å². The third-order valence-electron chi connectivity index (χ3n) is 3.61. The van der Waals surface area contributed by atoms with Crippen molar-refractivity contribution in [2.24, 2.45) is 0 Å². The molecule has 0 aliphatic carbocycles. The first kappa shape index (κ1) is 13.4. The Labute approximate surface area is 120 Å². The lowest BCUT2D eigenvalue weighted by Crippen LogP contribution is -2.04. The number of carbonyl (C=O) groups is 1. The van der Waals surface area contributed by atoms with Gasteiger partial charge < -0.3 is 9.52 Å². The lowest BCUT2D eigenvalue weighted by molar-refractivity contribution is 0.0697. The largest absolute Gasteiger partial charge is 0.478 e. The van der Waals surface area contributed by atoms with Crippen molar-refractivity contribution in [3.63, 3.8) is 0 Å². The first-order valence-corrected chi connectivity index (χ1v) is 6.71. The van der Waals surface area contributed by atoms with E-state index in [9.17, 15) is 9.59 Å². The Morgan fingerprint density at radius 3 is 2.48 bits per heavy atom. The summed E-state index contributed by atoms with van der Waals surface area (Å²) < 4.78 is 5.69. The Morgan fingerprint density at radius 1 is 1.05 bits per heavy atom. The molecule has 4 nitrogen and oxygen atoms in total. The summed E-state index contributed by atoms with van der Waals surface area (Å²) in [5, 5.41) is 9.93. The molecule has 2 aromatic carbocycles. The van der Waals surface area contributed by atoms with Crippen LogP contribution in [0.3, 0.4) is 0 Å². The minimum Gasteiger partial charge on any atom is -0.478 e. The Kier molecular flexibility index (Phi) is 3.01. The molecule has 0 unspecified atom stereocenters. The Balaban J connectivity index is 2.37. The van der Waals surface area contributed by atoms with E-state index in [2.05, 4.69) is 13.8 Å². The van der Waals surface area contributed by atoms with Gasteiger partial charge in [-0.05, 0) is 41.8 Å². The molecule has 3 rings (SSSR count). The number of carboxylic acid groups (broad SMARTS) is 1. The average molecular weight is 282 g/mol. The fourth-order valence-corrected chi connectivity index (χ4v) is 2.36. The summed E-state index contributed by atoms with van der Waals surface area (Å²) in [5.74, 6) is -0.728. The highest BCUT2D eigenvalue weighted by atomic mass is 16.4. The maximum atomic E-state index is 12.5. The van der Waals surface area contributed by atoms with Crippen LogP contribution in [-0.2, 0) is 0 Å². The van der Waals surface area contributed by atoms with Crippen LogP contribution in [0.4, 0.5) is 0 Å². The van der Waals surface area contributed by atoms with Crippen molar-refractivity contribution in [2.45, 2.75) is 19.8 Å². The number of rotatable bonds is 2. The van der Waals surface area contributed by atoms with Crippen molar-refractivity contribution in [3.05, 3.63) is 57.7 Å². The van der Waals surface area contributed by atoms with Gasteiger partial charge in [0.1, 0.15) is 11.2 Å². The van der Waals surface area contributed by atoms with Gasteiger partial charge in [-0.25, -0.2) is 4.79 Å². The monoisotopic (exact) mass is 282 g/mol. The first-order valence-electron chi connectivity index (χ1n) is 6.71. The highest BCUT2D eigenvalue weighted by Crippen LogP contribution is 2.23. The van der Waals surface area contributed by atoms with E-state index >= 15 is 0 Å². The van der Waals surface area contributed by atoms with Crippen LogP contribution < -0.4 is 5.43 Å². The number of hydrogen-bond acceptors (Lipinski definition) is 3. The zero-order valence-electron chi connectivity index (χ0n) is 11.7. The summed E-state index contributed by atoms with van der Waals surface area (Å²) in [5.41, 5.74) is 1.80. The van der Waals surface area contributed by atoms with Gasteiger partial charge in [-0.3, -0.25) is 4.79 Å². The molecule has 0 radical (unpaired) electrons. The fourth-order valence-electron chi connectivity index (χ4n) is 2.36. The van der Waals surface area contributed by atoms with E-state index < -0.39 is 5.97 Å². The molecule has 1 N–H and O–H groups in total. The van der Waals surface area contributed by atoms with Crippen molar-refractivity contribution in [1.29, 1.82) is 0 Å². The fraction of sp³-hybridized carbons (Fsp3) is 0.176. The Morgan fingerprint density at radius 2 is 1.81 bits per heavy atom. The van der Waals surface area contributed by atoms with Crippen LogP contribution in [0.25, 0.3) is 21.9 Å². The summed E-state index contributed by atoms with van der Waals surface area (Å²) in [6.07, 6.45) is 0. The summed E-state index contributed by atoms with van der Waals surface area (Å²) in [6, 6.07) is 9.83. The van der Waals surface area contributed by atoms with E-state index in [0.717, 1.165) is 5.56 Å². The molecular weight excluding hydrogens is 268 g/mol. The van der Waals surface area contributed by atoms with E-state index in [0.29, 0.717) is 27.9 Å². The number of carboxylic acids is 1. The van der Waals surface area contributed by atoms with Crippen molar-refractivity contribution in [3.8, 4) is 0 Å². The Hall–Kier alpha value is -2.62. The molecule has 4 heteroatoms. The second-order valence-corrected chi connectivity index (χ2v) is 5.36. The molecule has 3 aromatic rings. The van der Waals surface area contributed by atoms with Gasteiger partial charge in [0.2, 0.25) is 5.43 Å². The van der Waals surface area contributed by atoms with Crippen LogP contribution in [-0.4, -0.2) is 11.1 Å². The quantitative estimate of drug-likeness (QED) is 0.726. The summed E-state index contributed by atoms with van der Waals surface area (Å²) in [4.78, 5) is 23.5. The molecule has 0 saturated carbocycles. The normalized spacial score (nSPS) is 11.4. The molecule has 0 aliphatic rings. The standard InChI is InChI=1S/C17H14O4/c1-9(2)10-4-6-14-13(7-10)16(18)12-5-3-11(17(19)20)8-15(12)21-14/h3-9H,1-2H3,(H,19,20). The van der Waals surface area contributed by atoms with Crippen LogP contribution in [0.2, 0.25) is 0 Å². The molecule has 0 bridgehead atoms. The maximum absolute atomic E-state index is 12.5. The van der Waals surface area contributed by atoms with Crippen molar-refractivity contribution >= 4 is 27.9 Å². The van der Waals surface area contributed by atoms with Crippen molar-refractivity contribution in [2.75, 3.05) is 0 Å². The van der Waals surface area contributed by atoms with E-state index in [-0.39, 0.29) is 11.0 Å². The zero-order valence-corrected chi connectivity index (χ0v) is 11.7. The van der Waals surface area contributed by atoms with Gasteiger partial charge in [0.25, 0.3) is 0 Å². The van der Waals surface area contributed by atoms with Gasteiger partial charge in [0.15, 0.2) is 0 Å². The highest BCUT2D eigenvalue weighted by Gasteiger charge is 2.12. The highest BCUT2D eigenvalue weighted by molar-refractivity contribution is 5.95. The molecule has 0 atom stereocenters. The predicted octanol–water partition coefficient (Wildman–Crippen LogP) is 3.77. The molecule has 106 valence electrons. The van der Waals surface area contributed by atoms with Crippen LogP contribution in [0.15, 0.2) is 45.6 Å². The van der Waals surface area contributed by atoms with Gasteiger partial charge in [-0.2, -0.15) is 0 Å². The van der Waals surface area contributed by atoms with Crippen LogP contribution in [0.1, 0.15) is 35.7 Å². The van der Waals surface area contributed by atoms with Gasteiger partial charge in [-0.15, -0.1) is 0 Å². The predicted molar refractivity (Wildman–Crippen MR) is 81.0 cm³/mol. The molecular formula is C17H14O4. The van der Waals surface area contributed by atoms with Crippen LogP contribution >= 0.6 is 0 Å². The maximum Gasteiger partial charge on any atom is 0.335 e. The second-order valence-electron chi connectivity index (χ2n) is 5.36. The van der Waals surface area contributed by atoms with Gasteiger partial charge in [0, 0.05) is 0 Å². The molecule has 0 spiro atoms. The molecule has 1 aromatic heterocycles. The van der Waals surface area contributed by atoms with Gasteiger partial charge >= 0.3 is 5.97 Å². The van der Waals surface area contributed by atoms with Gasteiger partial charge in [-0.1, -0.05) is 19.9 Å². The average Bonchev–Trinajstić information content (AvgIpc) is 2.46. The smallest absolute Gasteiger partial charge is 0.335 e. The number of fused-ring (bicyclic) bond motifs is 2. The van der Waals surface area contributed by atoms with Crippen LogP contribution in [0.5, 0.6) is 0 Å². The first-order chi connectivity index (χ1) is 9.97. The van der Waals surface area contributed by atoms with E-state index in [1.165, 1.54) is 18.2 Å². The van der Waals surface area contributed by atoms with E-state index in [1.54, 1.807) is 6.07 Å². The second kappa shape index (κ2) is 4.74. The zero-order chi connectivity index (χ0) is 15.1. The van der Waals surface area contributed by atoms with Gasteiger partial charge in [0.05, 0.1) is 16.3 Å². The molecule has 1 heterocycles. The summed E-state index contributed by atoms with van der Waals surface area (Å²) in [6.45, 7) is 4.12. The van der Waals surface area contributed by atoms with Crippen molar-refractivity contribution in [1.82, 2.24) is 0 Å². The molecule has 0 fully saturated rings. The van der Waals surface area contributed by atoms with Crippen molar-refractivity contribution < 1.29 is 14.3 Å². The van der Waals surface area contributed by atoms with Crippen LogP contribution in [0, 0.1) is 0 Å². The summed E-state index contributed by atoms with van der Waals surface area (Å²) in [7, 11) is 0. The molecule has 21 heavy (non-hydrogen) atoms.